The zero-order chi connectivity index (χ0) is 20.0. The van der Waals surface area contributed by atoms with Crippen LogP contribution >= 0.6 is 0 Å². The molecule has 0 radical (unpaired) electrons. The monoisotopic (exact) mass is 367 g/mol. The molecule has 3 N–H and O–H groups in total. The first kappa shape index (κ1) is 20.2. The highest BCUT2D eigenvalue weighted by atomic mass is 16.2. The Morgan fingerprint density at radius 3 is 2.04 bits per heavy atom. The minimum absolute atomic E-state index is 0.0146. The molecule has 6 nitrogen and oxygen atoms in total. The van der Waals surface area contributed by atoms with Crippen LogP contribution in [0.1, 0.15) is 43.6 Å². The highest BCUT2D eigenvalue weighted by molar-refractivity contribution is 5.99. The molecule has 2 aromatic carbocycles. The molecular weight excluding hydrogens is 342 g/mol. The minimum Gasteiger partial charge on any atom is -0.343 e. The fourth-order valence-corrected chi connectivity index (χ4v) is 2.47. The molecule has 0 aliphatic heterocycles. The molecule has 0 saturated heterocycles. The first-order chi connectivity index (χ1) is 12.6. The number of rotatable bonds is 5. The van der Waals surface area contributed by atoms with Crippen molar-refractivity contribution in [2.24, 2.45) is 0 Å². The number of hydrogen-bond donors (Lipinski definition) is 3. The fraction of sp³-hybridized carbons (Fsp3) is 0.286. The third kappa shape index (κ3) is 6.26. The van der Waals surface area contributed by atoms with Crippen molar-refractivity contribution < 1.29 is 14.4 Å². The molecule has 2 aromatic rings. The Bertz CT molecular complexity index is 836. The maximum absolute atomic E-state index is 12.2. The smallest absolute Gasteiger partial charge is 0.251 e. The van der Waals surface area contributed by atoms with E-state index in [1.54, 1.807) is 36.4 Å². The van der Waals surface area contributed by atoms with E-state index in [-0.39, 0.29) is 29.7 Å². The van der Waals surface area contributed by atoms with Crippen molar-refractivity contribution >= 4 is 29.1 Å². The summed E-state index contributed by atoms with van der Waals surface area (Å²) in [6, 6.07) is 14.1. The summed E-state index contributed by atoms with van der Waals surface area (Å²) in [5.74, 6) is -0.851. The molecule has 6 heteroatoms. The molecule has 2 rings (SSSR count). The van der Waals surface area contributed by atoms with Gasteiger partial charge in [-0.25, -0.2) is 0 Å². The Hall–Kier alpha value is -3.15. The van der Waals surface area contributed by atoms with E-state index in [1.165, 1.54) is 6.92 Å². The van der Waals surface area contributed by atoms with E-state index in [0.717, 1.165) is 5.56 Å². The van der Waals surface area contributed by atoms with Crippen LogP contribution in [0.5, 0.6) is 0 Å². The van der Waals surface area contributed by atoms with Gasteiger partial charge in [0.2, 0.25) is 11.8 Å². The van der Waals surface area contributed by atoms with E-state index in [9.17, 15) is 14.4 Å². The van der Waals surface area contributed by atoms with Gasteiger partial charge in [0, 0.05) is 23.9 Å². The number of anilines is 2. The molecule has 0 unspecified atom stereocenters. The van der Waals surface area contributed by atoms with E-state index in [1.807, 2.05) is 12.1 Å². The number of nitrogens with one attached hydrogen (secondary N) is 3. The van der Waals surface area contributed by atoms with Crippen LogP contribution in [0, 0.1) is 0 Å². The number of amides is 3. The van der Waals surface area contributed by atoms with Crippen molar-refractivity contribution in [3.8, 4) is 0 Å². The summed E-state index contributed by atoms with van der Waals surface area (Å²) in [7, 11) is 0. The van der Waals surface area contributed by atoms with Gasteiger partial charge in [0.05, 0.1) is 6.54 Å². The van der Waals surface area contributed by atoms with Crippen molar-refractivity contribution in [3.05, 3.63) is 59.7 Å². The molecule has 27 heavy (non-hydrogen) atoms. The van der Waals surface area contributed by atoms with Gasteiger partial charge in [-0.2, -0.15) is 0 Å². The van der Waals surface area contributed by atoms with Gasteiger partial charge in [0.25, 0.3) is 5.91 Å². The zero-order valence-electron chi connectivity index (χ0n) is 16.1. The summed E-state index contributed by atoms with van der Waals surface area (Å²) in [5.41, 5.74) is 2.78. The molecule has 0 spiro atoms. The Morgan fingerprint density at radius 1 is 0.889 bits per heavy atom. The molecule has 0 fully saturated rings. The normalized spacial score (nSPS) is 10.8. The van der Waals surface area contributed by atoms with Crippen LogP contribution in [0.25, 0.3) is 0 Å². The van der Waals surface area contributed by atoms with Crippen molar-refractivity contribution in [3.63, 3.8) is 0 Å². The highest BCUT2D eigenvalue weighted by Gasteiger charge is 2.14. The van der Waals surface area contributed by atoms with Crippen molar-refractivity contribution in [2.45, 2.75) is 33.1 Å². The van der Waals surface area contributed by atoms with Crippen LogP contribution in [0.4, 0.5) is 11.4 Å². The summed E-state index contributed by atoms with van der Waals surface area (Å²) in [4.78, 5) is 35.3. The van der Waals surface area contributed by atoms with Gasteiger partial charge in [0.15, 0.2) is 0 Å². The van der Waals surface area contributed by atoms with Crippen LogP contribution in [0.15, 0.2) is 48.5 Å². The second kappa shape index (κ2) is 8.49. The van der Waals surface area contributed by atoms with Crippen molar-refractivity contribution in [1.29, 1.82) is 0 Å². The minimum atomic E-state index is -0.352. The Morgan fingerprint density at radius 2 is 1.48 bits per heavy atom. The lowest BCUT2D eigenvalue weighted by Crippen LogP contribution is -2.32. The predicted molar refractivity (Wildman–Crippen MR) is 107 cm³/mol. The highest BCUT2D eigenvalue weighted by Crippen LogP contribution is 2.22. The standard InChI is InChI=1S/C21H25N3O3/c1-14(25)23-17-6-5-7-18(12-17)24-19(26)13-22-20(27)15-8-10-16(11-9-15)21(2,3)4/h5-12H,13H2,1-4H3,(H,22,27)(H,23,25)(H,24,26). The first-order valence-electron chi connectivity index (χ1n) is 8.71. The number of hydrogen-bond acceptors (Lipinski definition) is 3. The van der Waals surface area contributed by atoms with Crippen LogP contribution in [-0.4, -0.2) is 24.3 Å². The van der Waals surface area contributed by atoms with E-state index in [2.05, 4.69) is 36.7 Å². The number of benzene rings is 2. The molecule has 3 amide bonds. The van der Waals surface area contributed by atoms with Crippen LogP contribution in [-0.2, 0) is 15.0 Å². The zero-order valence-corrected chi connectivity index (χ0v) is 16.1. The molecule has 142 valence electrons. The van der Waals surface area contributed by atoms with Gasteiger partial charge in [-0.1, -0.05) is 39.0 Å². The molecule has 0 aliphatic carbocycles. The Labute approximate surface area is 159 Å². The van der Waals surface area contributed by atoms with Gasteiger partial charge in [-0.3, -0.25) is 14.4 Å². The Balaban J connectivity index is 1.90. The Kier molecular flexibility index (Phi) is 6.34. The van der Waals surface area contributed by atoms with Gasteiger partial charge in [-0.05, 0) is 41.3 Å². The van der Waals surface area contributed by atoms with E-state index in [0.29, 0.717) is 16.9 Å². The van der Waals surface area contributed by atoms with Crippen LogP contribution in [0.2, 0.25) is 0 Å². The lowest BCUT2D eigenvalue weighted by atomic mass is 9.87. The van der Waals surface area contributed by atoms with Crippen LogP contribution in [0.3, 0.4) is 0 Å². The summed E-state index contributed by atoms with van der Waals surface area (Å²) < 4.78 is 0. The van der Waals surface area contributed by atoms with Gasteiger partial charge in [0.1, 0.15) is 0 Å². The maximum Gasteiger partial charge on any atom is 0.251 e. The van der Waals surface area contributed by atoms with Gasteiger partial charge < -0.3 is 16.0 Å². The lowest BCUT2D eigenvalue weighted by molar-refractivity contribution is -0.115. The SMILES string of the molecule is CC(=O)Nc1cccc(NC(=O)CNC(=O)c2ccc(C(C)(C)C)cc2)c1. The van der Waals surface area contributed by atoms with E-state index in [4.69, 9.17) is 0 Å². The van der Waals surface area contributed by atoms with Crippen LogP contribution < -0.4 is 16.0 Å². The first-order valence-corrected chi connectivity index (χ1v) is 8.71. The summed E-state index contributed by atoms with van der Waals surface area (Å²) in [6.45, 7) is 7.58. The maximum atomic E-state index is 12.2. The second-order valence-electron chi connectivity index (χ2n) is 7.32. The van der Waals surface area contributed by atoms with E-state index < -0.39 is 0 Å². The largest absolute Gasteiger partial charge is 0.343 e. The number of carbonyl (C=O) groups is 3. The molecule has 0 atom stereocenters. The second-order valence-corrected chi connectivity index (χ2v) is 7.32. The fourth-order valence-electron chi connectivity index (χ4n) is 2.47. The molecule has 0 aromatic heterocycles. The van der Waals surface area contributed by atoms with E-state index >= 15 is 0 Å². The van der Waals surface area contributed by atoms with Gasteiger partial charge >= 0.3 is 0 Å². The summed E-state index contributed by atoms with van der Waals surface area (Å²) in [5, 5.41) is 7.93. The average Bonchev–Trinajstić information content (AvgIpc) is 2.59. The molecule has 0 aliphatic rings. The summed E-state index contributed by atoms with van der Waals surface area (Å²) >= 11 is 0. The molecular formula is C21H25N3O3. The predicted octanol–water partition coefficient (Wildman–Crippen LogP) is 3.31. The quantitative estimate of drug-likeness (QED) is 0.758. The van der Waals surface area contributed by atoms with Gasteiger partial charge in [-0.15, -0.1) is 0 Å². The molecule has 0 saturated carbocycles. The molecule has 0 heterocycles. The lowest BCUT2D eigenvalue weighted by Gasteiger charge is -2.19. The third-order valence-corrected chi connectivity index (χ3v) is 3.89. The number of carbonyl (C=O) groups excluding carboxylic acids is 3. The average molecular weight is 367 g/mol. The van der Waals surface area contributed by atoms with Crippen molar-refractivity contribution in [2.75, 3.05) is 17.2 Å². The topological polar surface area (TPSA) is 87.3 Å². The van der Waals surface area contributed by atoms with Crippen molar-refractivity contribution in [1.82, 2.24) is 5.32 Å². The third-order valence-electron chi connectivity index (χ3n) is 3.89. The summed E-state index contributed by atoms with van der Waals surface area (Å²) in [6.07, 6.45) is 0. The molecule has 0 bridgehead atoms.